The Labute approximate surface area is 81.9 Å². The van der Waals surface area contributed by atoms with Crippen molar-refractivity contribution in [2.75, 3.05) is 0 Å². The Kier molecular flexibility index (Phi) is 1.84. The molecule has 0 radical (unpaired) electrons. The first-order chi connectivity index (χ1) is 6.46. The molecule has 0 heterocycles. The van der Waals surface area contributed by atoms with Crippen molar-refractivity contribution in [1.29, 1.82) is 0 Å². The third kappa shape index (κ3) is 1.06. The predicted octanol–water partition coefficient (Wildman–Crippen LogP) is 1.21. The Bertz CT molecular complexity index is 298. The van der Waals surface area contributed by atoms with Crippen LogP contribution in [0.15, 0.2) is 0 Å². The van der Waals surface area contributed by atoms with E-state index in [9.17, 15) is 9.59 Å². The molecule has 2 bridgehead atoms. The monoisotopic (exact) mass is 198 g/mol. The number of carbonyl (C=O) groups is 2. The lowest BCUT2D eigenvalue weighted by molar-refractivity contribution is -0.158. The molecule has 0 spiro atoms. The zero-order valence-electron chi connectivity index (χ0n) is 8.06. The summed E-state index contributed by atoms with van der Waals surface area (Å²) in [4.78, 5) is 22.0. The molecule has 0 aromatic carbocycles. The van der Waals surface area contributed by atoms with Crippen LogP contribution in [0, 0.1) is 23.2 Å². The topological polar surface area (TPSA) is 74.6 Å². The molecule has 0 aromatic rings. The number of carboxylic acids is 2. The maximum Gasteiger partial charge on any atom is 0.307 e. The molecule has 4 heteroatoms. The van der Waals surface area contributed by atoms with Crippen molar-refractivity contribution in [3.8, 4) is 0 Å². The number of fused-ring (bicyclic) bond motifs is 2. The van der Waals surface area contributed by atoms with Crippen LogP contribution in [0.4, 0.5) is 0 Å². The van der Waals surface area contributed by atoms with Gasteiger partial charge < -0.3 is 10.2 Å². The Morgan fingerprint density at radius 3 is 2.36 bits per heavy atom. The Morgan fingerprint density at radius 2 is 1.93 bits per heavy atom. The van der Waals surface area contributed by atoms with Crippen molar-refractivity contribution in [2.45, 2.75) is 26.2 Å². The van der Waals surface area contributed by atoms with Gasteiger partial charge >= 0.3 is 11.9 Å². The van der Waals surface area contributed by atoms with Crippen LogP contribution in [0.5, 0.6) is 0 Å². The van der Waals surface area contributed by atoms with Crippen molar-refractivity contribution >= 4 is 11.9 Å². The largest absolute Gasteiger partial charge is 0.481 e. The van der Waals surface area contributed by atoms with Gasteiger partial charge in [-0.2, -0.15) is 0 Å². The lowest BCUT2D eigenvalue weighted by Gasteiger charge is -2.31. The predicted molar refractivity (Wildman–Crippen MR) is 47.7 cm³/mol. The van der Waals surface area contributed by atoms with Crippen molar-refractivity contribution in [3.63, 3.8) is 0 Å². The Hall–Kier alpha value is -1.06. The Morgan fingerprint density at radius 1 is 1.29 bits per heavy atom. The lowest BCUT2D eigenvalue weighted by Crippen LogP contribution is -2.38. The third-order valence-electron chi connectivity index (χ3n) is 3.98. The van der Waals surface area contributed by atoms with Gasteiger partial charge in [0.05, 0.1) is 11.8 Å². The highest BCUT2D eigenvalue weighted by molar-refractivity contribution is 5.82. The molecule has 78 valence electrons. The molecule has 2 aliphatic rings. The molecule has 2 aliphatic carbocycles. The van der Waals surface area contributed by atoms with Crippen molar-refractivity contribution in [2.24, 2.45) is 23.2 Å². The number of rotatable bonds is 2. The maximum absolute atomic E-state index is 11.0. The van der Waals surface area contributed by atoms with E-state index in [2.05, 4.69) is 0 Å². The molecule has 2 rings (SSSR count). The van der Waals surface area contributed by atoms with Crippen LogP contribution in [0.25, 0.3) is 0 Å². The summed E-state index contributed by atoms with van der Waals surface area (Å²) in [5, 5.41) is 18.1. The zero-order chi connectivity index (χ0) is 10.5. The second kappa shape index (κ2) is 2.72. The summed E-state index contributed by atoms with van der Waals surface area (Å²) in [6, 6.07) is 0. The van der Waals surface area contributed by atoms with Crippen molar-refractivity contribution < 1.29 is 19.8 Å². The minimum Gasteiger partial charge on any atom is -0.481 e. The van der Waals surface area contributed by atoms with E-state index >= 15 is 0 Å². The van der Waals surface area contributed by atoms with Gasteiger partial charge in [0.15, 0.2) is 0 Å². The van der Waals surface area contributed by atoms with Gasteiger partial charge in [0.1, 0.15) is 0 Å². The van der Waals surface area contributed by atoms with Crippen LogP contribution in [0.3, 0.4) is 0 Å². The fraction of sp³-hybridized carbons (Fsp3) is 0.800. The lowest BCUT2D eigenvalue weighted by atomic mass is 9.71. The molecule has 2 N–H and O–H groups in total. The van der Waals surface area contributed by atoms with E-state index in [0.29, 0.717) is 0 Å². The van der Waals surface area contributed by atoms with Crippen LogP contribution < -0.4 is 0 Å². The van der Waals surface area contributed by atoms with Gasteiger partial charge in [0.25, 0.3) is 0 Å². The van der Waals surface area contributed by atoms with Gasteiger partial charge in [0, 0.05) is 0 Å². The summed E-state index contributed by atoms with van der Waals surface area (Å²) in [6.45, 7) is 1.91. The van der Waals surface area contributed by atoms with Gasteiger partial charge in [0.2, 0.25) is 0 Å². The Balaban J connectivity index is 2.35. The molecule has 14 heavy (non-hydrogen) atoms. The zero-order valence-corrected chi connectivity index (χ0v) is 8.06. The average Bonchev–Trinajstić information content (AvgIpc) is 2.55. The minimum absolute atomic E-state index is 0.0820. The van der Waals surface area contributed by atoms with E-state index in [0.717, 1.165) is 19.3 Å². The second-order valence-electron chi connectivity index (χ2n) is 4.84. The molecule has 0 aliphatic heterocycles. The van der Waals surface area contributed by atoms with E-state index in [-0.39, 0.29) is 11.3 Å². The van der Waals surface area contributed by atoms with Gasteiger partial charge in [-0.15, -0.1) is 0 Å². The molecular formula is C10H14O4. The van der Waals surface area contributed by atoms with Crippen LogP contribution in [-0.2, 0) is 9.59 Å². The first-order valence-corrected chi connectivity index (χ1v) is 4.91. The van der Waals surface area contributed by atoms with Crippen molar-refractivity contribution in [3.05, 3.63) is 0 Å². The van der Waals surface area contributed by atoms with E-state index in [1.54, 1.807) is 0 Å². The van der Waals surface area contributed by atoms with Crippen LogP contribution >= 0.6 is 0 Å². The average molecular weight is 198 g/mol. The van der Waals surface area contributed by atoms with E-state index in [4.69, 9.17) is 10.2 Å². The third-order valence-corrected chi connectivity index (χ3v) is 3.98. The number of hydrogen-bond donors (Lipinski definition) is 2. The molecule has 4 nitrogen and oxygen atoms in total. The molecular weight excluding hydrogens is 184 g/mol. The van der Waals surface area contributed by atoms with Gasteiger partial charge in [-0.25, -0.2) is 0 Å². The maximum atomic E-state index is 11.0. The SMILES string of the molecule is CC12CCC(C1)C(C(=O)O)C2C(=O)O. The summed E-state index contributed by atoms with van der Waals surface area (Å²) in [6.07, 6.45) is 2.50. The van der Waals surface area contributed by atoms with Gasteiger partial charge in [-0.1, -0.05) is 6.92 Å². The molecule has 2 saturated carbocycles. The first kappa shape index (κ1) is 9.49. The summed E-state index contributed by atoms with van der Waals surface area (Å²) in [5.41, 5.74) is -0.278. The van der Waals surface area contributed by atoms with Gasteiger partial charge in [-0.05, 0) is 30.6 Å². The quantitative estimate of drug-likeness (QED) is 0.699. The number of carboxylic acid groups (broad SMARTS) is 2. The second-order valence-corrected chi connectivity index (χ2v) is 4.84. The minimum atomic E-state index is -0.942. The summed E-state index contributed by atoms with van der Waals surface area (Å²) in [5.74, 6) is -3.14. The normalized spacial score (nSPS) is 45.4. The van der Waals surface area contributed by atoms with E-state index in [1.807, 2.05) is 6.92 Å². The first-order valence-electron chi connectivity index (χ1n) is 4.91. The highest BCUT2D eigenvalue weighted by atomic mass is 16.4. The van der Waals surface area contributed by atoms with Crippen LogP contribution in [-0.4, -0.2) is 22.2 Å². The highest BCUT2D eigenvalue weighted by Crippen LogP contribution is 2.60. The summed E-state index contributed by atoms with van der Waals surface area (Å²) >= 11 is 0. The van der Waals surface area contributed by atoms with E-state index in [1.165, 1.54) is 0 Å². The highest BCUT2D eigenvalue weighted by Gasteiger charge is 2.60. The molecule has 0 aromatic heterocycles. The molecule has 0 saturated heterocycles. The van der Waals surface area contributed by atoms with Crippen molar-refractivity contribution in [1.82, 2.24) is 0 Å². The molecule has 0 amide bonds. The fourth-order valence-corrected chi connectivity index (χ4v) is 3.41. The standard InChI is InChI=1S/C10H14O4/c1-10-3-2-5(4-10)6(8(11)12)7(10)9(13)14/h5-7H,2-4H2,1H3,(H,11,12)(H,13,14). The summed E-state index contributed by atoms with van der Waals surface area (Å²) < 4.78 is 0. The van der Waals surface area contributed by atoms with Crippen LogP contribution in [0.2, 0.25) is 0 Å². The molecule has 4 atom stereocenters. The molecule has 4 unspecified atom stereocenters. The summed E-state index contributed by atoms with van der Waals surface area (Å²) in [7, 11) is 0. The van der Waals surface area contributed by atoms with Gasteiger partial charge in [-0.3, -0.25) is 9.59 Å². The fourth-order valence-electron chi connectivity index (χ4n) is 3.41. The van der Waals surface area contributed by atoms with Crippen LogP contribution in [0.1, 0.15) is 26.2 Å². The number of aliphatic carboxylic acids is 2. The number of hydrogen-bond acceptors (Lipinski definition) is 2. The molecule has 2 fully saturated rings. The smallest absolute Gasteiger partial charge is 0.307 e. The van der Waals surface area contributed by atoms with E-state index < -0.39 is 23.8 Å².